The third-order valence-electron chi connectivity index (χ3n) is 5.26. The van der Waals surface area contributed by atoms with Crippen LogP contribution in [0.1, 0.15) is 54.3 Å². The number of carbonyl (C=O) groups is 1. The number of phenols is 4. The molecular weight excluding hydrogens is 384 g/mol. The van der Waals surface area contributed by atoms with E-state index >= 15 is 0 Å². The van der Waals surface area contributed by atoms with Crippen molar-refractivity contribution >= 4 is 5.78 Å². The van der Waals surface area contributed by atoms with Crippen LogP contribution in [-0.4, -0.2) is 26.2 Å². The number of hydrogen-bond donors (Lipinski definition) is 4. The second-order valence-electron chi connectivity index (χ2n) is 7.76. The van der Waals surface area contributed by atoms with Gasteiger partial charge in [0.15, 0.2) is 5.78 Å². The summed E-state index contributed by atoms with van der Waals surface area (Å²) in [4.78, 5) is 12.8. The van der Waals surface area contributed by atoms with Crippen molar-refractivity contribution in [2.24, 2.45) is 5.92 Å². The summed E-state index contributed by atoms with van der Waals surface area (Å²) < 4.78 is 6.00. The van der Waals surface area contributed by atoms with Gasteiger partial charge in [0.2, 0.25) is 0 Å². The lowest BCUT2D eigenvalue weighted by Gasteiger charge is -2.29. The first-order valence-electron chi connectivity index (χ1n) is 9.77. The largest absolute Gasteiger partial charge is 0.507 e. The highest BCUT2D eigenvalue weighted by Gasteiger charge is 2.36. The highest BCUT2D eigenvalue weighted by Crippen LogP contribution is 2.48. The fraction of sp³-hybridized carbons (Fsp3) is 0.292. The van der Waals surface area contributed by atoms with Crippen LogP contribution in [0.25, 0.3) is 0 Å². The standard InChI is InChI=1S/C24H26O6/c1-4-14(9-8-13(2)3)10-15-18(27)11-19(28)23-20(29)12-21(30-24(15)23)22-16(25)6-5-7-17(22)26/h4-8,11,14,21,25-28H,1,9-10,12H2,2-3H3/t14-,21+/m1/s1. The molecule has 2 aromatic rings. The van der Waals surface area contributed by atoms with Crippen molar-refractivity contribution in [2.45, 2.75) is 39.2 Å². The third-order valence-corrected chi connectivity index (χ3v) is 5.26. The van der Waals surface area contributed by atoms with E-state index in [2.05, 4.69) is 12.7 Å². The predicted octanol–water partition coefficient (Wildman–Crippen LogP) is 4.92. The van der Waals surface area contributed by atoms with Crippen LogP contribution in [0.4, 0.5) is 0 Å². The summed E-state index contributed by atoms with van der Waals surface area (Å²) in [6.07, 6.45) is 3.75. The highest BCUT2D eigenvalue weighted by atomic mass is 16.5. The van der Waals surface area contributed by atoms with Gasteiger partial charge >= 0.3 is 0 Å². The van der Waals surface area contributed by atoms with E-state index in [9.17, 15) is 25.2 Å². The van der Waals surface area contributed by atoms with Crippen LogP contribution in [0.3, 0.4) is 0 Å². The molecule has 0 fully saturated rings. The molecule has 0 radical (unpaired) electrons. The van der Waals surface area contributed by atoms with Crippen molar-refractivity contribution < 1.29 is 30.0 Å². The number of Topliss-reactive ketones (excluding diaryl/α,β-unsaturated/α-hetero) is 1. The van der Waals surface area contributed by atoms with E-state index < -0.39 is 11.9 Å². The molecule has 0 amide bonds. The van der Waals surface area contributed by atoms with E-state index in [0.717, 1.165) is 11.6 Å². The van der Waals surface area contributed by atoms with Gasteiger partial charge in [0.05, 0.1) is 12.0 Å². The molecule has 1 heterocycles. The van der Waals surface area contributed by atoms with Crippen molar-refractivity contribution in [3.05, 3.63) is 65.3 Å². The van der Waals surface area contributed by atoms with Crippen LogP contribution in [0, 0.1) is 5.92 Å². The van der Waals surface area contributed by atoms with E-state index in [1.807, 2.05) is 13.8 Å². The molecule has 30 heavy (non-hydrogen) atoms. The zero-order chi connectivity index (χ0) is 22.0. The summed E-state index contributed by atoms with van der Waals surface area (Å²) in [5.41, 5.74) is 1.62. The predicted molar refractivity (Wildman–Crippen MR) is 113 cm³/mol. The average molecular weight is 410 g/mol. The van der Waals surface area contributed by atoms with Crippen LogP contribution in [0.15, 0.2) is 48.6 Å². The number of ether oxygens (including phenoxy) is 1. The van der Waals surface area contributed by atoms with E-state index in [4.69, 9.17) is 4.74 Å². The van der Waals surface area contributed by atoms with Gasteiger partial charge in [-0.1, -0.05) is 23.8 Å². The number of fused-ring (bicyclic) bond motifs is 1. The van der Waals surface area contributed by atoms with Crippen LogP contribution < -0.4 is 4.74 Å². The van der Waals surface area contributed by atoms with Gasteiger partial charge in [-0.2, -0.15) is 0 Å². The zero-order valence-electron chi connectivity index (χ0n) is 17.1. The summed E-state index contributed by atoms with van der Waals surface area (Å²) in [6.45, 7) is 7.84. The van der Waals surface area contributed by atoms with Crippen molar-refractivity contribution in [3.63, 3.8) is 0 Å². The van der Waals surface area contributed by atoms with Gasteiger partial charge in [0, 0.05) is 11.6 Å². The molecule has 4 N–H and O–H groups in total. The van der Waals surface area contributed by atoms with E-state index in [1.54, 1.807) is 6.08 Å². The Hall–Kier alpha value is -3.41. The smallest absolute Gasteiger partial charge is 0.174 e. The van der Waals surface area contributed by atoms with Crippen LogP contribution in [-0.2, 0) is 6.42 Å². The van der Waals surface area contributed by atoms with Gasteiger partial charge in [-0.05, 0) is 44.7 Å². The maximum Gasteiger partial charge on any atom is 0.174 e. The van der Waals surface area contributed by atoms with Gasteiger partial charge in [-0.3, -0.25) is 4.79 Å². The minimum absolute atomic E-state index is 0.000938. The molecule has 0 aromatic heterocycles. The van der Waals surface area contributed by atoms with E-state index in [-0.39, 0.29) is 52.2 Å². The Morgan fingerprint density at radius 1 is 1.17 bits per heavy atom. The Morgan fingerprint density at radius 3 is 2.43 bits per heavy atom. The molecule has 0 spiro atoms. The van der Waals surface area contributed by atoms with Gasteiger partial charge in [0.1, 0.15) is 40.4 Å². The Bertz CT molecular complexity index is 997. The minimum atomic E-state index is -0.953. The number of phenolic OH excluding ortho intramolecular Hbond substituents is 4. The molecule has 0 bridgehead atoms. The second kappa shape index (κ2) is 8.53. The zero-order valence-corrected chi connectivity index (χ0v) is 17.1. The number of benzene rings is 2. The molecule has 1 aliphatic rings. The van der Waals surface area contributed by atoms with Gasteiger partial charge in [-0.15, -0.1) is 6.58 Å². The molecule has 0 unspecified atom stereocenters. The summed E-state index contributed by atoms with van der Waals surface area (Å²) in [6, 6.07) is 5.42. The van der Waals surface area contributed by atoms with Gasteiger partial charge in [-0.25, -0.2) is 0 Å². The molecule has 6 heteroatoms. The Labute approximate surface area is 175 Å². The molecule has 2 aromatic carbocycles. The Balaban J connectivity index is 2.06. The third kappa shape index (κ3) is 4.13. The summed E-state index contributed by atoms with van der Waals surface area (Å²) in [5, 5.41) is 41.2. The summed E-state index contributed by atoms with van der Waals surface area (Å²) >= 11 is 0. The number of hydrogen-bond acceptors (Lipinski definition) is 6. The lowest BCUT2D eigenvalue weighted by atomic mass is 9.88. The van der Waals surface area contributed by atoms with E-state index in [1.165, 1.54) is 18.2 Å². The Morgan fingerprint density at radius 2 is 1.83 bits per heavy atom. The fourth-order valence-electron chi connectivity index (χ4n) is 3.67. The van der Waals surface area contributed by atoms with Crippen LogP contribution >= 0.6 is 0 Å². The molecule has 158 valence electrons. The molecule has 2 atom stereocenters. The molecule has 6 nitrogen and oxygen atoms in total. The first kappa shape index (κ1) is 21.3. The molecule has 1 aliphatic heterocycles. The first-order valence-corrected chi connectivity index (χ1v) is 9.77. The molecule has 0 saturated heterocycles. The van der Waals surface area contributed by atoms with Crippen molar-refractivity contribution in [3.8, 4) is 28.7 Å². The SMILES string of the molecule is C=C[C@H](CC=C(C)C)Cc1c(O)cc(O)c2c1O[C@H](c1c(O)cccc1O)CC2=O. The molecule has 0 aliphatic carbocycles. The highest BCUT2D eigenvalue weighted by molar-refractivity contribution is 6.03. The number of carbonyl (C=O) groups excluding carboxylic acids is 1. The van der Waals surface area contributed by atoms with Crippen molar-refractivity contribution in [1.29, 1.82) is 0 Å². The van der Waals surface area contributed by atoms with Crippen LogP contribution in [0.5, 0.6) is 28.7 Å². The van der Waals surface area contributed by atoms with Gasteiger partial charge in [0.25, 0.3) is 0 Å². The number of aromatic hydroxyl groups is 4. The minimum Gasteiger partial charge on any atom is -0.507 e. The quantitative estimate of drug-likeness (QED) is 0.504. The van der Waals surface area contributed by atoms with Crippen molar-refractivity contribution in [1.82, 2.24) is 0 Å². The first-order chi connectivity index (χ1) is 14.2. The lowest BCUT2D eigenvalue weighted by Crippen LogP contribution is -2.22. The molecule has 0 saturated carbocycles. The number of ketones is 1. The lowest BCUT2D eigenvalue weighted by molar-refractivity contribution is 0.0836. The average Bonchev–Trinajstić information content (AvgIpc) is 2.66. The summed E-state index contributed by atoms with van der Waals surface area (Å²) in [7, 11) is 0. The monoisotopic (exact) mass is 410 g/mol. The van der Waals surface area contributed by atoms with Gasteiger partial charge < -0.3 is 25.2 Å². The normalized spacial score (nSPS) is 16.3. The topological polar surface area (TPSA) is 107 Å². The second-order valence-corrected chi connectivity index (χ2v) is 7.76. The Kier molecular flexibility index (Phi) is 6.06. The maximum absolute atomic E-state index is 12.8. The number of rotatable bonds is 6. The van der Waals surface area contributed by atoms with Crippen LogP contribution in [0.2, 0.25) is 0 Å². The van der Waals surface area contributed by atoms with Crippen molar-refractivity contribution in [2.75, 3.05) is 0 Å². The number of allylic oxidation sites excluding steroid dienone is 3. The fourth-order valence-corrected chi connectivity index (χ4v) is 3.67. The summed E-state index contributed by atoms with van der Waals surface area (Å²) in [5.74, 6) is -1.31. The van der Waals surface area contributed by atoms with E-state index in [0.29, 0.717) is 18.4 Å². The maximum atomic E-state index is 12.8. The molecule has 3 rings (SSSR count). The molecular formula is C24H26O6.